The molecule has 4 bridgehead atoms. The van der Waals surface area contributed by atoms with Gasteiger partial charge in [0.1, 0.15) is 10.6 Å². The van der Waals surface area contributed by atoms with Crippen molar-refractivity contribution in [2.75, 3.05) is 18.5 Å². The predicted molar refractivity (Wildman–Crippen MR) is 136 cm³/mol. The van der Waals surface area contributed by atoms with Gasteiger partial charge in [-0.25, -0.2) is 4.79 Å². The zero-order valence-electron chi connectivity index (χ0n) is 20.0. The van der Waals surface area contributed by atoms with Gasteiger partial charge in [0.25, 0.3) is 5.91 Å². The van der Waals surface area contributed by atoms with Crippen LogP contribution in [0.3, 0.4) is 0 Å². The Bertz CT molecular complexity index is 1150. The summed E-state index contributed by atoms with van der Waals surface area (Å²) in [6.07, 6.45) is 5.32. The van der Waals surface area contributed by atoms with Crippen LogP contribution in [0.25, 0.3) is 11.1 Å². The van der Waals surface area contributed by atoms with Crippen molar-refractivity contribution in [1.82, 2.24) is 0 Å². The molecule has 0 aliphatic heterocycles. The largest absolute Gasteiger partial charge is 0.462 e. The van der Waals surface area contributed by atoms with E-state index in [1.54, 1.807) is 6.92 Å². The van der Waals surface area contributed by atoms with E-state index >= 15 is 0 Å². The predicted octanol–water partition coefficient (Wildman–Crippen LogP) is 5.96. The van der Waals surface area contributed by atoms with Gasteiger partial charge in [0.05, 0.1) is 12.0 Å². The lowest BCUT2D eigenvalue weighted by Crippen LogP contribution is -2.56. The number of aryl methyl sites for hydroxylation is 1. The maximum atomic E-state index is 13.2. The molecule has 1 aromatic carbocycles. The second-order valence-electron chi connectivity index (χ2n) is 10.3. The van der Waals surface area contributed by atoms with Crippen LogP contribution >= 0.6 is 22.9 Å². The Balaban J connectivity index is 1.30. The maximum absolute atomic E-state index is 13.2. The number of benzene rings is 1. The van der Waals surface area contributed by atoms with Gasteiger partial charge < -0.3 is 14.8 Å². The quantitative estimate of drug-likeness (QED) is 0.363. The Morgan fingerprint density at radius 1 is 1.09 bits per heavy atom. The van der Waals surface area contributed by atoms with Crippen LogP contribution in [0.2, 0.25) is 0 Å². The number of hydrogen-bond acceptors (Lipinski definition) is 6. The molecule has 0 spiro atoms. The van der Waals surface area contributed by atoms with Crippen LogP contribution in [0.15, 0.2) is 30.3 Å². The van der Waals surface area contributed by atoms with E-state index in [2.05, 4.69) is 5.32 Å². The molecule has 186 valence electrons. The Morgan fingerprint density at radius 3 is 2.40 bits per heavy atom. The van der Waals surface area contributed by atoms with Crippen molar-refractivity contribution in [1.29, 1.82) is 0 Å². The number of hydrogen-bond donors (Lipinski definition) is 1. The van der Waals surface area contributed by atoms with Crippen LogP contribution in [-0.2, 0) is 19.1 Å². The molecule has 4 saturated carbocycles. The lowest BCUT2D eigenvalue weighted by Gasteiger charge is -2.58. The van der Waals surface area contributed by atoms with Crippen molar-refractivity contribution in [2.45, 2.75) is 57.2 Å². The second-order valence-corrected chi connectivity index (χ2v) is 12.4. The highest BCUT2D eigenvalue weighted by Crippen LogP contribution is 2.64. The smallest absolute Gasteiger partial charge is 0.341 e. The lowest BCUT2D eigenvalue weighted by molar-refractivity contribution is -0.171. The first-order valence-electron chi connectivity index (χ1n) is 12.2. The molecule has 1 heterocycles. The van der Waals surface area contributed by atoms with E-state index in [4.69, 9.17) is 21.1 Å². The van der Waals surface area contributed by atoms with E-state index in [1.807, 2.05) is 37.3 Å². The van der Waals surface area contributed by atoms with Gasteiger partial charge >= 0.3 is 11.9 Å². The standard InChI is InChI=1S/C27H30ClNO5S/c1-3-33-24(31)22-21(19-7-5-4-6-8-19)16(2)35-23(22)29-20(30)14-34-25(32)26-10-17-9-18(11-26)13-27(28,12-17)15-26/h4-8,17-18H,3,9-15H2,1-2H3,(H,29,30)/t17-,18-,26?,27?/m0/s1. The number of nitrogens with one attached hydrogen (secondary N) is 1. The molecule has 35 heavy (non-hydrogen) atoms. The molecule has 6 rings (SSSR count). The van der Waals surface area contributed by atoms with Crippen molar-refractivity contribution in [3.8, 4) is 11.1 Å². The van der Waals surface area contributed by atoms with E-state index < -0.39 is 23.9 Å². The van der Waals surface area contributed by atoms with Gasteiger partial charge in [-0.1, -0.05) is 30.3 Å². The molecule has 1 N–H and O–H groups in total. The normalized spacial score (nSPS) is 28.5. The average molecular weight is 516 g/mol. The SMILES string of the molecule is CCOC(=O)c1c(NC(=O)COC(=O)C23C[C@@H]4C[C@H](CC(Cl)(C4)C2)C3)sc(C)c1-c1ccccc1. The van der Waals surface area contributed by atoms with Crippen LogP contribution in [0.1, 0.15) is 60.7 Å². The van der Waals surface area contributed by atoms with Gasteiger partial charge in [-0.15, -0.1) is 22.9 Å². The minimum absolute atomic E-state index is 0.221. The van der Waals surface area contributed by atoms with Crippen LogP contribution in [-0.4, -0.2) is 35.9 Å². The molecule has 2 atom stereocenters. The summed E-state index contributed by atoms with van der Waals surface area (Å²) in [6.45, 7) is 3.47. The molecule has 4 fully saturated rings. The summed E-state index contributed by atoms with van der Waals surface area (Å²) >= 11 is 8.15. The van der Waals surface area contributed by atoms with Gasteiger partial charge in [-0.05, 0) is 69.8 Å². The van der Waals surface area contributed by atoms with E-state index in [0.29, 0.717) is 28.8 Å². The number of carbonyl (C=O) groups excluding carboxylic acids is 3. The summed E-state index contributed by atoms with van der Waals surface area (Å²) < 4.78 is 10.8. The number of alkyl halides is 1. The third-order valence-electron chi connectivity index (χ3n) is 7.64. The topological polar surface area (TPSA) is 81.7 Å². The van der Waals surface area contributed by atoms with Crippen molar-refractivity contribution in [3.63, 3.8) is 0 Å². The Hall–Kier alpha value is -2.38. The summed E-state index contributed by atoms with van der Waals surface area (Å²) in [5.74, 6) is -0.357. The number of esters is 2. The van der Waals surface area contributed by atoms with Crippen LogP contribution in [0, 0.1) is 24.2 Å². The molecule has 6 nitrogen and oxygen atoms in total. The van der Waals surface area contributed by atoms with Crippen LogP contribution < -0.4 is 5.32 Å². The first-order valence-corrected chi connectivity index (χ1v) is 13.4. The third-order valence-corrected chi connectivity index (χ3v) is 9.10. The first-order chi connectivity index (χ1) is 16.7. The summed E-state index contributed by atoms with van der Waals surface area (Å²) in [6, 6.07) is 9.53. The number of thiophene rings is 1. The molecular weight excluding hydrogens is 486 g/mol. The van der Waals surface area contributed by atoms with Crippen molar-refractivity contribution in [2.24, 2.45) is 17.3 Å². The molecule has 0 unspecified atom stereocenters. The maximum Gasteiger partial charge on any atom is 0.341 e. The molecule has 1 amide bonds. The van der Waals surface area contributed by atoms with Gasteiger partial charge in [0.15, 0.2) is 6.61 Å². The van der Waals surface area contributed by atoms with Gasteiger partial charge in [0.2, 0.25) is 0 Å². The number of rotatable bonds is 7. The van der Waals surface area contributed by atoms with Gasteiger partial charge in [0, 0.05) is 15.3 Å². The Morgan fingerprint density at radius 2 is 1.77 bits per heavy atom. The third kappa shape index (κ3) is 4.60. The molecule has 0 radical (unpaired) electrons. The lowest BCUT2D eigenvalue weighted by atomic mass is 9.49. The van der Waals surface area contributed by atoms with Crippen LogP contribution in [0.4, 0.5) is 5.00 Å². The summed E-state index contributed by atoms with van der Waals surface area (Å²) in [5.41, 5.74) is 1.36. The highest BCUT2D eigenvalue weighted by molar-refractivity contribution is 7.17. The van der Waals surface area contributed by atoms with E-state index in [9.17, 15) is 14.4 Å². The highest BCUT2D eigenvalue weighted by Gasteiger charge is 2.60. The minimum Gasteiger partial charge on any atom is -0.462 e. The minimum atomic E-state index is -0.567. The average Bonchev–Trinajstić information content (AvgIpc) is 3.12. The molecule has 2 aromatic rings. The molecular formula is C27H30ClNO5S. The van der Waals surface area contributed by atoms with E-state index in [-0.39, 0.29) is 17.5 Å². The fourth-order valence-electron chi connectivity index (χ4n) is 6.82. The first kappa shape index (κ1) is 24.3. The fourth-order valence-corrected chi connectivity index (χ4v) is 8.59. The number of carbonyl (C=O) groups is 3. The van der Waals surface area contributed by atoms with Crippen molar-refractivity contribution in [3.05, 3.63) is 40.8 Å². The van der Waals surface area contributed by atoms with Crippen molar-refractivity contribution < 1.29 is 23.9 Å². The number of halogens is 1. The molecule has 4 aliphatic rings. The monoisotopic (exact) mass is 515 g/mol. The molecule has 8 heteroatoms. The highest BCUT2D eigenvalue weighted by atomic mass is 35.5. The van der Waals surface area contributed by atoms with Crippen LogP contribution in [0.5, 0.6) is 0 Å². The zero-order valence-corrected chi connectivity index (χ0v) is 21.6. The number of amides is 1. The number of ether oxygens (including phenoxy) is 2. The molecule has 4 aliphatic carbocycles. The van der Waals surface area contributed by atoms with E-state index in [0.717, 1.165) is 48.1 Å². The Labute approximate surface area is 214 Å². The van der Waals surface area contributed by atoms with Gasteiger partial charge in [-0.3, -0.25) is 9.59 Å². The second kappa shape index (κ2) is 9.25. The zero-order chi connectivity index (χ0) is 24.8. The summed E-state index contributed by atoms with van der Waals surface area (Å²) in [7, 11) is 0. The summed E-state index contributed by atoms with van der Waals surface area (Å²) in [4.78, 5) is 39.4. The van der Waals surface area contributed by atoms with Gasteiger partial charge in [-0.2, -0.15) is 0 Å². The Kier molecular flexibility index (Phi) is 6.43. The van der Waals surface area contributed by atoms with E-state index in [1.165, 1.54) is 11.3 Å². The fraction of sp³-hybridized carbons (Fsp3) is 0.519. The number of anilines is 1. The molecule has 1 aromatic heterocycles. The summed E-state index contributed by atoms with van der Waals surface area (Å²) in [5, 5.41) is 3.19. The molecule has 0 saturated heterocycles. The van der Waals surface area contributed by atoms with Crippen molar-refractivity contribution >= 4 is 45.8 Å².